The first-order valence-electron chi connectivity index (χ1n) is 4.32. The van der Waals surface area contributed by atoms with E-state index in [2.05, 4.69) is 10.3 Å². The zero-order valence-electron chi connectivity index (χ0n) is 7.47. The van der Waals surface area contributed by atoms with Crippen molar-refractivity contribution in [2.24, 2.45) is 0 Å². The molecule has 2 heterocycles. The highest BCUT2D eigenvalue weighted by Gasteiger charge is 2.27. The van der Waals surface area contributed by atoms with Gasteiger partial charge < -0.3 is 5.32 Å². The second-order valence-electron chi connectivity index (χ2n) is 3.16. The molecule has 1 amide bonds. The van der Waals surface area contributed by atoms with Crippen LogP contribution in [0.2, 0.25) is 0 Å². The van der Waals surface area contributed by atoms with E-state index < -0.39 is 10.8 Å². The van der Waals surface area contributed by atoms with E-state index in [-0.39, 0.29) is 11.9 Å². The Hall–Kier alpha value is -1.23. The highest BCUT2D eigenvalue weighted by molar-refractivity contribution is 7.86. The summed E-state index contributed by atoms with van der Waals surface area (Å²) in [5.74, 6) is 0.948. The number of carbonyl (C=O) groups is 1. The number of rotatable bonds is 2. The number of aromatic nitrogens is 1. The minimum Gasteiger partial charge on any atom is -0.346 e. The van der Waals surface area contributed by atoms with Crippen LogP contribution in [-0.2, 0) is 10.8 Å². The van der Waals surface area contributed by atoms with Gasteiger partial charge in [0.05, 0.1) is 6.04 Å². The van der Waals surface area contributed by atoms with Gasteiger partial charge in [0.2, 0.25) is 0 Å². The zero-order valence-corrected chi connectivity index (χ0v) is 8.29. The van der Waals surface area contributed by atoms with Crippen LogP contribution in [0.15, 0.2) is 24.4 Å². The Kier molecular flexibility index (Phi) is 2.58. The fourth-order valence-corrected chi connectivity index (χ4v) is 2.21. The van der Waals surface area contributed by atoms with Crippen LogP contribution in [0.1, 0.15) is 10.5 Å². The molecule has 1 aromatic rings. The lowest BCUT2D eigenvalue weighted by Crippen LogP contribution is -2.50. The van der Waals surface area contributed by atoms with Gasteiger partial charge in [0.25, 0.3) is 5.91 Å². The average molecular weight is 210 g/mol. The van der Waals surface area contributed by atoms with Gasteiger partial charge in [0.1, 0.15) is 5.69 Å². The molecule has 5 heteroatoms. The number of hydrogen-bond acceptors (Lipinski definition) is 3. The molecule has 0 aromatic carbocycles. The largest absolute Gasteiger partial charge is 0.346 e. The third kappa shape index (κ3) is 1.98. The fourth-order valence-electron chi connectivity index (χ4n) is 1.24. The van der Waals surface area contributed by atoms with Gasteiger partial charge in [0.15, 0.2) is 0 Å². The van der Waals surface area contributed by atoms with Gasteiger partial charge in [-0.25, -0.2) is 0 Å². The summed E-state index contributed by atoms with van der Waals surface area (Å²) >= 11 is 0. The van der Waals surface area contributed by atoms with Crippen molar-refractivity contribution in [3.05, 3.63) is 30.1 Å². The second-order valence-corrected chi connectivity index (χ2v) is 4.70. The van der Waals surface area contributed by atoms with Crippen LogP contribution in [0.4, 0.5) is 0 Å². The first-order chi connectivity index (χ1) is 6.75. The molecular formula is C9H10N2O2S. The van der Waals surface area contributed by atoms with E-state index in [1.54, 1.807) is 24.4 Å². The molecule has 1 saturated heterocycles. The average Bonchev–Trinajstić information content (AvgIpc) is 2.17. The molecule has 0 spiro atoms. The van der Waals surface area contributed by atoms with E-state index in [0.29, 0.717) is 17.2 Å². The lowest BCUT2D eigenvalue weighted by Gasteiger charge is -2.25. The van der Waals surface area contributed by atoms with Crippen molar-refractivity contribution in [1.82, 2.24) is 10.3 Å². The maximum Gasteiger partial charge on any atom is 0.270 e. The van der Waals surface area contributed by atoms with Gasteiger partial charge in [-0.3, -0.25) is 14.0 Å². The molecular weight excluding hydrogens is 200 g/mol. The number of nitrogens with one attached hydrogen (secondary N) is 1. The van der Waals surface area contributed by atoms with Crippen LogP contribution in [-0.4, -0.2) is 32.6 Å². The van der Waals surface area contributed by atoms with Gasteiger partial charge >= 0.3 is 0 Å². The molecule has 0 radical (unpaired) electrons. The topological polar surface area (TPSA) is 59.1 Å². The lowest BCUT2D eigenvalue weighted by atomic mass is 10.3. The Morgan fingerprint density at radius 2 is 2.29 bits per heavy atom. The summed E-state index contributed by atoms with van der Waals surface area (Å²) in [5, 5.41) is 2.77. The first-order valence-corrected chi connectivity index (χ1v) is 5.81. The van der Waals surface area contributed by atoms with Crippen LogP contribution in [0.5, 0.6) is 0 Å². The monoisotopic (exact) mass is 210 g/mol. The Morgan fingerprint density at radius 1 is 1.50 bits per heavy atom. The van der Waals surface area contributed by atoms with Crippen LogP contribution in [0.3, 0.4) is 0 Å². The van der Waals surface area contributed by atoms with E-state index in [4.69, 9.17) is 0 Å². The smallest absolute Gasteiger partial charge is 0.270 e. The summed E-state index contributed by atoms with van der Waals surface area (Å²) in [7, 11) is -0.730. The summed E-state index contributed by atoms with van der Waals surface area (Å²) in [6, 6.07) is 5.24. The Bertz CT molecular complexity index is 358. The first kappa shape index (κ1) is 9.33. The summed E-state index contributed by atoms with van der Waals surface area (Å²) in [4.78, 5) is 15.4. The lowest BCUT2D eigenvalue weighted by molar-refractivity contribution is 0.0937. The summed E-state index contributed by atoms with van der Waals surface area (Å²) in [6.07, 6.45) is 1.58. The normalized spacial score (nSPS) is 25.1. The third-order valence-corrected chi connectivity index (χ3v) is 3.56. The van der Waals surface area contributed by atoms with Gasteiger partial charge in [0, 0.05) is 28.5 Å². The SMILES string of the molecule is O=C(NC1CS(=O)C1)c1ccccn1. The predicted molar refractivity (Wildman–Crippen MR) is 53.4 cm³/mol. The number of nitrogens with zero attached hydrogens (tertiary/aromatic N) is 1. The molecule has 1 aliphatic rings. The van der Waals surface area contributed by atoms with Crippen LogP contribution < -0.4 is 5.32 Å². The molecule has 0 saturated carbocycles. The van der Waals surface area contributed by atoms with Gasteiger partial charge in [-0.1, -0.05) is 6.07 Å². The van der Waals surface area contributed by atoms with E-state index >= 15 is 0 Å². The predicted octanol–water partition coefficient (Wildman–Crippen LogP) is -0.0577. The molecule has 1 N–H and O–H groups in total. The maximum atomic E-state index is 11.5. The Morgan fingerprint density at radius 3 is 2.86 bits per heavy atom. The fraction of sp³-hybridized carbons (Fsp3) is 0.333. The quantitative estimate of drug-likeness (QED) is 0.744. The molecule has 1 fully saturated rings. The summed E-state index contributed by atoms with van der Waals surface area (Å²) in [6.45, 7) is 0. The second kappa shape index (κ2) is 3.88. The van der Waals surface area contributed by atoms with Crippen molar-refractivity contribution in [3.63, 3.8) is 0 Å². The minimum absolute atomic E-state index is 0.0605. The van der Waals surface area contributed by atoms with Crippen LogP contribution in [0, 0.1) is 0 Å². The van der Waals surface area contributed by atoms with E-state index in [0.717, 1.165) is 0 Å². The zero-order chi connectivity index (χ0) is 9.97. The van der Waals surface area contributed by atoms with Crippen molar-refractivity contribution in [2.75, 3.05) is 11.5 Å². The molecule has 14 heavy (non-hydrogen) atoms. The molecule has 0 aliphatic carbocycles. The van der Waals surface area contributed by atoms with Crippen LogP contribution in [0.25, 0.3) is 0 Å². The molecule has 4 nitrogen and oxygen atoms in total. The molecule has 74 valence electrons. The molecule has 1 aliphatic heterocycles. The van der Waals surface area contributed by atoms with E-state index in [1.807, 2.05) is 0 Å². The highest BCUT2D eigenvalue weighted by atomic mass is 32.2. The maximum absolute atomic E-state index is 11.5. The number of hydrogen-bond donors (Lipinski definition) is 1. The minimum atomic E-state index is -0.730. The van der Waals surface area contributed by atoms with Gasteiger partial charge in [-0.15, -0.1) is 0 Å². The van der Waals surface area contributed by atoms with Crippen molar-refractivity contribution in [1.29, 1.82) is 0 Å². The standard InChI is InChI=1S/C9H10N2O2S/c12-9(8-3-1-2-4-10-8)11-7-5-14(13)6-7/h1-4,7H,5-6H2,(H,11,12). The van der Waals surface area contributed by atoms with E-state index in [1.165, 1.54) is 0 Å². The van der Waals surface area contributed by atoms with Crippen molar-refractivity contribution < 1.29 is 9.00 Å². The third-order valence-electron chi connectivity index (χ3n) is 2.01. The molecule has 2 rings (SSSR count). The number of amides is 1. The Balaban J connectivity index is 1.93. The molecule has 0 bridgehead atoms. The highest BCUT2D eigenvalue weighted by Crippen LogP contribution is 2.06. The van der Waals surface area contributed by atoms with Crippen molar-refractivity contribution in [2.45, 2.75) is 6.04 Å². The van der Waals surface area contributed by atoms with Crippen LogP contribution >= 0.6 is 0 Å². The van der Waals surface area contributed by atoms with Crippen molar-refractivity contribution in [3.8, 4) is 0 Å². The number of carbonyl (C=O) groups excluding carboxylic acids is 1. The summed E-state index contributed by atoms with van der Waals surface area (Å²) < 4.78 is 10.8. The molecule has 0 atom stereocenters. The molecule has 0 unspecified atom stereocenters. The molecule has 1 aromatic heterocycles. The summed E-state index contributed by atoms with van der Waals surface area (Å²) in [5.41, 5.74) is 0.408. The number of pyridine rings is 1. The van der Waals surface area contributed by atoms with Gasteiger partial charge in [-0.2, -0.15) is 0 Å². The van der Waals surface area contributed by atoms with Crippen molar-refractivity contribution >= 4 is 16.7 Å². The van der Waals surface area contributed by atoms with E-state index in [9.17, 15) is 9.00 Å². The van der Waals surface area contributed by atoms with Gasteiger partial charge in [-0.05, 0) is 12.1 Å². The Labute approximate surface area is 84.2 Å².